The van der Waals surface area contributed by atoms with Crippen molar-refractivity contribution >= 4 is 23.1 Å². The van der Waals surface area contributed by atoms with E-state index in [-0.39, 0.29) is 11.7 Å². The van der Waals surface area contributed by atoms with Crippen LogP contribution < -0.4 is 10.1 Å². The zero-order chi connectivity index (χ0) is 19.6. The van der Waals surface area contributed by atoms with Gasteiger partial charge in [-0.05, 0) is 42.5 Å². The van der Waals surface area contributed by atoms with Crippen LogP contribution in [0.15, 0.2) is 70.3 Å². The van der Waals surface area contributed by atoms with Crippen LogP contribution in [0.4, 0.5) is 11.4 Å². The minimum Gasteiger partial charge on any atom is -0.459 e. The summed E-state index contributed by atoms with van der Waals surface area (Å²) in [5, 5.41) is 2.87. The highest BCUT2D eigenvalue weighted by Crippen LogP contribution is 2.39. The highest BCUT2D eigenvalue weighted by atomic mass is 16.5. The van der Waals surface area contributed by atoms with Crippen LogP contribution in [-0.2, 0) is 4.74 Å². The molecule has 2 aliphatic heterocycles. The lowest BCUT2D eigenvalue weighted by Crippen LogP contribution is -2.41. The Morgan fingerprint density at radius 1 is 1.00 bits per heavy atom. The molecule has 7 nitrogen and oxygen atoms in total. The lowest BCUT2D eigenvalue weighted by molar-refractivity contribution is 0.0683. The molecule has 0 bridgehead atoms. The molecular weight excluding hydrogens is 370 g/mol. The Labute approximate surface area is 167 Å². The fraction of sp³-hybridized carbons (Fsp3) is 0.182. The van der Waals surface area contributed by atoms with E-state index >= 15 is 0 Å². The maximum Gasteiger partial charge on any atom is 0.291 e. The summed E-state index contributed by atoms with van der Waals surface area (Å²) >= 11 is 0. The molecule has 29 heavy (non-hydrogen) atoms. The van der Waals surface area contributed by atoms with E-state index in [0.29, 0.717) is 30.4 Å². The van der Waals surface area contributed by atoms with Gasteiger partial charge in [-0.2, -0.15) is 0 Å². The molecule has 5 rings (SSSR count). The van der Waals surface area contributed by atoms with Crippen molar-refractivity contribution in [2.45, 2.75) is 0 Å². The second-order valence-corrected chi connectivity index (χ2v) is 6.75. The van der Waals surface area contributed by atoms with E-state index in [4.69, 9.17) is 18.9 Å². The van der Waals surface area contributed by atoms with Crippen molar-refractivity contribution in [3.05, 3.63) is 72.2 Å². The van der Waals surface area contributed by atoms with Crippen LogP contribution in [0, 0.1) is 0 Å². The summed E-state index contributed by atoms with van der Waals surface area (Å²) in [5.41, 5.74) is 2.23. The molecule has 1 fully saturated rings. The van der Waals surface area contributed by atoms with Crippen molar-refractivity contribution in [3.63, 3.8) is 0 Å². The van der Waals surface area contributed by atoms with Crippen molar-refractivity contribution in [1.82, 2.24) is 4.90 Å². The Morgan fingerprint density at radius 3 is 2.69 bits per heavy atom. The number of anilines is 1. The molecule has 0 radical (unpaired) electrons. The minimum atomic E-state index is -0.308. The zero-order valence-corrected chi connectivity index (χ0v) is 15.6. The summed E-state index contributed by atoms with van der Waals surface area (Å²) in [7, 11) is 0. The summed E-state index contributed by atoms with van der Waals surface area (Å²) in [4.78, 5) is 19.5. The van der Waals surface area contributed by atoms with Crippen LogP contribution in [0.3, 0.4) is 0 Å². The minimum absolute atomic E-state index is 0.255. The molecule has 2 aromatic carbocycles. The normalized spacial score (nSPS) is 15.4. The lowest BCUT2D eigenvalue weighted by Gasteiger charge is -2.30. The summed E-state index contributed by atoms with van der Waals surface area (Å²) < 4.78 is 16.8. The zero-order valence-electron chi connectivity index (χ0n) is 15.6. The average Bonchev–Trinajstić information content (AvgIpc) is 3.24. The Kier molecular flexibility index (Phi) is 4.50. The van der Waals surface area contributed by atoms with Gasteiger partial charge in [-0.1, -0.05) is 12.1 Å². The fourth-order valence-corrected chi connectivity index (χ4v) is 3.42. The smallest absolute Gasteiger partial charge is 0.291 e. The van der Waals surface area contributed by atoms with Gasteiger partial charge in [0.15, 0.2) is 11.5 Å². The second-order valence-electron chi connectivity index (χ2n) is 6.75. The van der Waals surface area contributed by atoms with Gasteiger partial charge in [-0.25, -0.2) is 4.99 Å². The molecule has 3 heterocycles. The largest absolute Gasteiger partial charge is 0.459 e. The molecule has 0 aliphatic carbocycles. The molecule has 7 heteroatoms. The topological polar surface area (TPSA) is 76.3 Å². The van der Waals surface area contributed by atoms with E-state index in [0.717, 1.165) is 30.2 Å². The number of fused-ring (bicyclic) bond motifs is 2. The second kappa shape index (κ2) is 7.44. The lowest BCUT2D eigenvalue weighted by atomic mass is 10.1. The number of nitrogens with zero attached hydrogens (tertiary/aromatic N) is 2. The predicted molar refractivity (Wildman–Crippen MR) is 108 cm³/mol. The molecule has 0 spiro atoms. The molecule has 1 N–H and O–H groups in total. The number of hydrogen-bond donors (Lipinski definition) is 1. The molecule has 0 unspecified atom stereocenters. The molecule has 1 aromatic heterocycles. The monoisotopic (exact) mass is 389 g/mol. The van der Waals surface area contributed by atoms with Crippen molar-refractivity contribution in [1.29, 1.82) is 0 Å². The third-order valence-electron chi connectivity index (χ3n) is 4.85. The van der Waals surface area contributed by atoms with Crippen molar-refractivity contribution < 1.29 is 18.7 Å². The van der Waals surface area contributed by atoms with Gasteiger partial charge in [0.2, 0.25) is 0 Å². The summed E-state index contributed by atoms with van der Waals surface area (Å²) in [5.74, 6) is 2.14. The maximum absolute atomic E-state index is 12.4. The van der Waals surface area contributed by atoms with Crippen LogP contribution in [0.2, 0.25) is 0 Å². The third-order valence-corrected chi connectivity index (χ3v) is 4.85. The molecule has 1 amide bonds. The molecular formula is C22H19N3O4. The molecule has 1 saturated heterocycles. The number of benzene rings is 2. The Balaban J connectivity index is 1.55. The van der Waals surface area contributed by atoms with Crippen LogP contribution in [0.1, 0.15) is 16.1 Å². The van der Waals surface area contributed by atoms with Crippen LogP contribution >= 0.6 is 0 Å². The maximum atomic E-state index is 12.4. The van der Waals surface area contributed by atoms with E-state index in [1.807, 2.05) is 42.5 Å². The Morgan fingerprint density at radius 2 is 1.86 bits per heavy atom. The number of ether oxygens (including phenoxy) is 2. The first-order valence-corrected chi connectivity index (χ1v) is 9.45. The summed E-state index contributed by atoms with van der Waals surface area (Å²) in [6.07, 6.45) is 1.47. The average molecular weight is 389 g/mol. The molecule has 3 aromatic rings. The van der Waals surface area contributed by atoms with Gasteiger partial charge in [0.1, 0.15) is 17.3 Å². The quantitative estimate of drug-likeness (QED) is 0.716. The SMILES string of the molecule is O=C(Nc1ccc2c(c1)C(N1CCOCC1)=Nc1ccccc1O2)c1ccco1. The van der Waals surface area contributed by atoms with Crippen LogP contribution in [0.5, 0.6) is 11.5 Å². The van der Waals surface area contributed by atoms with Gasteiger partial charge in [-0.3, -0.25) is 4.79 Å². The highest BCUT2D eigenvalue weighted by Gasteiger charge is 2.25. The first kappa shape index (κ1) is 17.5. The van der Waals surface area contributed by atoms with Gasteiger partial charge in [0, 0.05) is 18.8 Å². The number of nitrogens with one attached hydrogen (secondary N) is 1. The van der Waals surface area contributed by atoms with Crippen molar-refractivity contribution in [2.75, 3.05) is 31.6 Å². The first-order valence-electron chi connectivity index (χ1n) is 9.45. The highest BCUT2D eigenvalue weighted by molar-refractivity contribution is 6.06. The van der Waals surface area contributed by atoms with Crippen LogP contribution in [0.25, 0.3) is 0 Å². The first-order chi connectivity index (χ1) is 14.3. The fourth-order valence-electron chi connectivity index (χ4n) is 3.42. The summed E-state index contributed by atoms with van der Waals surface area (Å²) in [6.45, 7) is 2.77. The van der Waals surface area contributed by atoms with Gasteiger partial charge in [0.05, 0.1) is 25.0 Å². The number of morpholine rings is 1. The number of furan rings is 1. The number of hydrogen-bond acceptors (Lipinski definition) is 6. The van der Waals surface area contributed by atoms with Gasteiger partial charge < -0.3 is 24.1 Å². The number of para-hydroxylation sites is 2. The van der Waals surface area contributed by atoms with Crippen molar-refractivity contribution in [3.8, 4) is 11.5 Å². The molecule has 0 atom stereocenters. The number of rotatable bonds is 2. The predicted octanol–water partition coefficient (Wildman–Crippen LogP) is 4.05. The Hall–Kier alpha value is -3.58. The summed E-state index contributed by atoms with van der Waals surface area (Å²) in [6, 6.07) is 16.5. The van der Waals surface area contributed by atoms with E-state index < -0.39 is 0 Å². The molecule has 0 saturated carbocycles. The van der Waals surface area contributed by atoms with Gasteiger partial charge in [-0.15, -0.1) is 0 Å². The van der Waals surface area contributed by atoms with Crippen LogP contribution in [-0.4, -0.2) is 42.9 Å². The van der Waals surface area contributed by atoms with Crippen molar-refractivity contribution in [2.24, 2.45) is 4.99 Å². The number of amides is 1. The standard InChI is InChI=1S/C22H19N3O4/c26-22(20-6-3-11-28-20)23-15-7-8-18-16(14-15)21(25-9-12-27-13-10-25)24-17-4-1-2-5-19(17)29-18/h1-8,11,14H,9-10,12-13H2,(H,23,26). The number of amidine groups is 1. The van der Waals surface area contributed by atoms with E-state index in [2.05, 4.69) is 10.2 Å². The number of carbonyl (C=O) groups excluding carboxylic acids is 1. The van der Waals surface area contributed by atoms with E-state index in [1.54, 1.807) is 12.1 Å². The van der Waals surface area contributed by atoms with Gasteiger partial charge in [0.25, 0.3) is 5.91 Å². The molecule has 2 aliphatic rings. The molecule has 146 valence electrons. The van der Waals surface area contributed by atoms with Gasteiger partial charge >= 0.3 is 0 Å². The third kappa shape index (κ3) is 3.48. The van der Waals surface area contributed by atoms with E-state index in [1.165, 1.54) is 6.26 Å². The number of aliphatic imine (C=N–C) groups is 1. The van der Waals surface area contributed by atoms with E-state index in [9.17, 15) is 4.79 Å². The number of carbonyl (C=O) groups is 1. The Bertz CT molecular complexity index is 1070.